The highest BCUT2D eigenvalue weighted by Gasteiger charge is 2.51. The summed E-state index contributed by atoms with van der Waals surface area (Å²) >= 11 is 0. The fourth-order valence-electron chi connectivity index (χ4n) is 2.19. The molecule has 0 aromatic rings. The van der Waals surface area contributed by atoms with Gasteiger partial charge in [-0.2, -0.15) is 0 Å². The highest BCUT2D eigenvalue weighted by molar-refractivity contribution is 5.09. The SMILES string of the molecule is OC/C=C/[C@H]1C[C@@H]1[C@H]1C[C@@H]1CO. The van der Waals surface area contributed by atoms with E-state index in [4.69, 9.17) is 10.2 Å². The Morgan fingerprint density at radius 2 is 2.00 bits per heavy atom. The van der Waals surface area contributed by atoms with Gasteiger partial charge >= 0.3 is 0 Å². The summed E-state index contributed by atoms with van der Waals surface area (Å²) in [5, 5.41) is 17.4. The van der Waals surface area contributed by atoms with E-state index in [1.807, 2.05) is 6.08 Å². The van der Waals surface area contributed by atoms with Gasteiger partial charge in [0.25, 0.3) is 0 Å². The zero-order chi connectivity index (χ0) is 8.55. The molecule has 0 radical (unpaired) electrons. The third-order valence-corrected chi connectivity index (χ3v) is 3.14. The first-order chi connectivity index (χ1) is 5.86. The summed E-state index contributed by atoms with van der Waals surface area (Å²) in [5.74, 6) is 2.93. The van der Waals surface area contributed by atoms with E-state index in [0.717, 1.165) is 11.8 Å². The Hall–Kier alpha value is -0.340. The zero-order valence-electron chi connectivity index (χ0n) is 7.19. The number of hydrogen-bond acceptors (Lipinski definition) is 2. The largest absolute Gasteiger partial charge is 0.396 e. The van der Waals surface area contributed by atoms with E-state index in [-0.39, 0.29) is 6.61 Å². The van der Waals surface area contributed by atoms with Crippen molar-refractivity contribution in [3.63, 3.8) is 0 Å². The van der Waals surface area contributed by atoms with E-state index < -0.39 is 0 Å². The molecule has 0 aromatic heterocycles. The van der Waals surface area contributed by atoms with Crippen molar-refractivity contribution >= 4 is 0 Å². The predicted molar refractivity (Wildman–Crippen MR) is 46.5 cm³/mol. The number of allylic oxidation sites excluding steroid dienone is 1. The quantitative estimate of drug-likeness (QED) is 0.609. The predicted octanol–water partition coefficient (Wildman–Crippen LogP) is 0.799. The van der Waals surface area contributed by atoms with E-state index in [1.54, 1.807) is 0 Å². The lowest BCUT2D eigenvalue weighted by molar-refractivity contribution is 0.265. The van der Waals surface area contributed by atoms with Gasteiger partial charge in [-0.05, 0) is 36.5 Å². The van der Waals surface area contributed by atoms with Crippen LogP contribution in [0, 0.1) is 23.7 Å². The van der Waals surface area contributed by atoms with Crippen LogP contribution in [0.4, 0.5) is 0 Å². The number of aliphatic hydroxyl groups excluding tert-OH is 2. The maximum Gasteiger partial charge on any atom is 0.0612 e. The molecule has 2 saturated carbocycles. The summed E-state index contributed by atoms with van der Waals surface area (Å²) in [6.45, 7) is 0.537. The third kappa shape index (κ3) is 1.54. The van der Waals surface area contributed by atoms with Crippen LogP contribution < -0.4 is 0 Å². The van der Waals surface area contributed by atoms with Crippen molar-refractivity contribution in [1.82, 2.24) is 0 Å². The van der Waals surface area contributed by atoms with Crippen LogP contribution in [0.2, 0.25) is 0 Å². The lowest BCUT2D eigenvalue weighted by atomic mass is 10.2. The average molecular weight is 168 g/mol. The van der Waals surface area contributed by atoms with Crippen molar-refractivity contribution in [2.24, 2.45) is 23.7 Å². The minimum atomic E-state index is 0.164. The molecule has 0 saturated heterocycles. The van der Waals surface area contributed by atoms with Crippen molar-refractivity contribution < 1.29 is 10.2 Å². The van der Waals surface area contributed by atoms with E-state index in [1.165, 1.54) is 12.8 Å². The maximum absolute atomic E-state index is 8.86. The van der Waals surface area contributed by atoms with Crippen molar-refractivity contribution in [1.29, 1.82) is 0 Å². The molecule has 0 aliphatic heterocycles. The summed E-state index contributed by atoms with van der Waals surface area (Å²) in [4.78, 5) is 0. The number of hydrogen-bond donors (Lipinski definition) is 2. The van der Waals surface area contributed by atoms with Crippen LogP contribution in [0.1, 0.15) is 12.8 Å². The van der Waals surface area contributed by atoms with Crippen LogP contribution in [0.15, 0.2) is 12.2 Å². The Bertz CT molecular complexity index is 188. The zero-order valence-corrected chi connectivity index (χ0v) is 7.19. The normalized spacial score (nSPS) is 45.2. The molecule has 4 atom stereocenters. The monoisotopic (exact) mass is 168 g/mol. The van der Waals surface area contributed by atoms with Crippen molar-refractivity contribution in [2.75, 3.05) is 13.2 Å². The summed E-state index contributed by atoms with van der Waals surface area (Å²) in [7, 11) is 0. The molecule has 0 bridgehead atoms. The minimum Gasteiger partial charge on any atom is -0.396 e. The lowest BCUT2D eigenvalue weighted by Crippen LogP contribution is -1.91. The summed E-state index contributed by atoms with van der Waals surface area (Å²) in [6, 6.07) is 0. The highest BCUT2D eigenvalue weighted by atomic mass is 16.3. The van der Waals surface area contributed by atoms with E-state index in [0.29, 0.717) is 18.4 Å². The van der Waals surface area contributed by atoms with Crippen LogP contribution in [0.25, 0.3) is 0 Å². The Morgan fingerprint density at radius 3 is 2.58 bits per heavy atom. The molecule has 68 valence electrons. The van der Waals surface area contributed by atoms with Crippen LogP contribution in [-0.4, -0.2) is 23.4 Å². The van der Waals surface area contributed by atoms with E-state index in [9.17, 15) is 0 Å². The van der Waals surface area contributed by atoms with Crippen LogP contribution in [0.5, 0.6) is 0 Å². The Morgan fingerprint density at radius 1 is 1.17 bits per heavy atom. The molecule has 0 unspecified atom stereocenters. The third-order valence-electron chi connectivity index (χ3n) is 3.14. The second-order valence-corrected chi connectivity index (χ2v) is 4.02. The van der Waals surface area contributed by atoms with Gasteiger partial charge in [0, 0.05) is 6.61 Å². The molecule has 0 heterocycles. The topological polar surface area (TPSA) is 40.5 Å². The molecular formula is C10H16O2. The van der Waals surface area contributed by atoms with Crippen LogP contribution in [0.3, 0.4) is 0 Å². The Kier molecular flexibility index (Phi) is 2.20. The van der Waals surface area contributed by atoms with Crippen LogP contribution in [-0.2, 0) is 0 Å². The summed E-state index contributed by atoms with van der Waals surface area (Å²) in [6.07, 6.45) is 6.46. The second-order valence-electron chi connectivity index (χ2n) is 4.02. The van der Waals surface area contributed by atoms with Crippen LogP contribution >= 0.6 is 0 Å². The van der Waals surface area contributed by atoms with Gasteiger partial charge in [-0.25, -0.2) is 0 Å². The van der Waals surface area contributed by atoms with Gasteiger partial charge in [0.1, 0.15) is 0 Å². The maximum atomic E-state index is 8.86. The molecular weight excluding hydrogens is 152 g/mol. The fraction of sp³-hybridized carbons (Fsp3) is 0.800. The molecule has 2 rings (SSSR count). The standard InChI is InChI=1S/C10H16O2/c11-3-1-2-7-4-9(7)10-5-8(10)6-12/h1-2,7-12H,3-6H2/b2-1+/t7-,8+,9-,10-/m0/s1. The number of aliphatic hydroxyl groups is 2. The molecule has 12 heavy (non-hydrogen) atoms. The van der Waals surface area contributed by atoms with Gasteiger partial charge < -0.3 is 10.2 Å². The molecule has 2 aliphatic carbocycles. The smallest absolute Gasteiger partial charge is 0.0612 e. The molecule has 2 N–H and O–H groups in total. The van der Waals surface area contributed by atoms with E-state index >= 15 is 0 Å². The Balaban J connectivity index is 1.71. The van der Waals surface area contributed by atoms with Crippen molar-refractivity contribution in [3.8, 4) is 0 Å². The van der Waals surface area contributed by atoms with Gasteiger partial charge in [-0.1, -0.05) is 12.2 Å². The van der Waals surface area contributed by atoms with Crippen molar-refractivity contribution in [3.05, 3.63) is 12.2 Å². The highest BCUT2D eigenvalue weighted by Crippen LogP contribution is 2.58. The second kappa shape index (κ2) is 3.19. The van der Waals surface area contributed by atoms with Gasteiger partial charge in [-0.15, -0.1) is 0 Å². The number of rotatable bonds is 4. The molecule has 0 aromatic carbocycles. The molecule has 2 nitrogen and oxygen atoms in total. The van der Waals surface area contributed by atoms with Gasteiger partial charge in [0.2, 0.25) is 0 Å². The molecule has 2 fully saturated rings. The molecule has 2 aliphatic rings. The Labute approximate surface area is 72.9 Å². The molecule has 2 heteroatoms. The first-order valence-corrected chi connectivity index (χ1v) is 4.75. The summed E-state index contributed by atoms with van der Waals surface area (Å²) < 4.78 is 0. The van der Waals surface area contributed by atoms with Gasteiger partial charge in [-0.3, -0.25) is 0 Å². The first-order valence-electron chi connectivity index (χ1n) is 4.75. The molecule has 0 amide bonds. The minimum absolute atomic E-state index is 0.164. The van der Waals surface area contributed by atoms with Gasteiger partial charge in [0.15, 0.2) is 0 Å². The lowest BCUT2D eigenvalue weighted by Gasteiger charge is -1.92. The summed E-state index contributed by atoms with van der Waals surface area (Å²) in [5.41, 5.74) is 0. The first kappa shape index (κ1) is 8.27. The van der Waals surface area contributed by atoms with Gasteiger partial charge in [0.05, 0.1) is 6.61 Å². The van der Waals surface area contributed by atoms with Crippen molar-refractivity contribution in [2.45, 2.75) is 12.8 Å². The fourth-order valence-corrected chi connectivity index (χ4v) is 2.19. The average Bonchev–Trinajstić information content (AvgIpc) is 2.94. The van der Waals surface area contributed by atoms with E-state index in [2.05, 4.69) is 6.08 Å². The molecule has 0 spiro atoms.